The summed E-state index contributed by atoms with van der Waals surface area (Å²) in [5.74, 6) is -0.858. The van der Waals surface area contributed by atoms with Crippen molar-refractivity contribution in [3.63, 3.8) is 0 Å². The molecule has 0 aliphatic rings. The molecule has 0 aliphatic heterocycles. The number of aromatic nitrogens is 1. The van der Waals surface area contributed by atoms with Crippen molar-refractivity contribution in [3.05, 3.63) is 65.2 Å². The second-order valence-corrected chi connectivity index (χ2v) is 3.93. The van der Waals surface area contributed by atoms with Crippen molar-refractivity contribution in [2.75, 3.05) is 0 Å². The van der Waals surface area contributed by atoms with Gasteiger partial charge >= 0.3 is 0 Å². The lowest BCUT2D eigenvalue weighted by atomic mass is 9.99. The van der Waals surface area contributed by atoms with Gasteiger partial charge in [0.15, 0.2) is 11.6 Å². The summed E-state index contributed by atoms with van der Waals surface area (Å²) in [6, 6.07) is 8.79. The first kappa shape index (κ1) is 12.4. The molecule has 2 aromatic rings. The first-order chi connectivity index (χ1) is 8.72. The Kier molecular flexibility index (Phi) is 3.79. The van der Waals surface area contributed by atoms with Gasteiger partial charge < -0.3 is 5.73 Å². The van der Waals surface area contributed by atoms with Crippen molar-refractivity contribution in [2.45, 2.75) is 13.0 Å². The summed E-state index contributed by atoms with van der Waals surface area (Å²) in [5, 5.41) is 0. The fraction of sp³-hybridized carbons (Fsp3) is 0.143. The predicted octanol–water partition coefficient (Wildman–Crippen LogP) is 2.10. The van der Waals surface area contributed by atoms with Crippen molar-refractivity contribution < 1.29 is 9.18 Å². The molecule has 92 valence electrons. The molecule has 0 unspecified atom stereocenters. The van der Waals surface area contributed by atoms with E-state index < -0.39 is 5.82 Å². The topological polar surface area (TPSA) is 56.0 Å². The molecule has 2 N–H and O–H groups in total. The van der Waals surface area contributed by atoms with Crippen LogP contribution in [0.2, 0.25) is 0 Å². The third-order valence-electron chi connectivity index (χ3n) is 2.76. The van der Waals surface area contributed by atoms with Gasteiger partial charge in [-0.2, -0.15) is 0 Å². The van der Waals surface area contributed by atoms with Crippen LogP contribution in [-0.2, 0) is 13.0 Å². The highest BCUT2D eigenvalue weighted by Gasteiger charge is 2.13. The Hall–Kier alpha value is -2.07. The third kappa shape index (κ3) is 2.60. The van der Waals surface area contributed by atoms with E-state index in [0.717, 1.165) is 17.3 Å². The van der Waals surface area contributed by atoms with Crippen molar-refractivity contribution in [3.8, 4) is 0 Å². The zero-order valence-electron chi connectivity index (χ0n) is 9.77. The van der Waals surface area contributed by atoms with Crippen LogP contribution in [0.15, 0.2) is 42.7 Å². The Labute approximate surface area is 104 Å². The zero-order chi connectivity index (χ0) is 13.0. The first-order valence-electron chi connectivity index (χ1n) is 5.62. The third-order valence-corrected chi connectivity index (χ3v) is 2.76. The molecule has 0 spiro atoms. The van der Waals surface area contributed by atoms with Gasteiger partial charge in [0.2, 0.25) is 0 Å². The van der Waals surface area contributed by atoms with E-state index in [1.54, 1.807) is 0 Å². The minimum Gasteiger partial charge on any atom is -0.326 e. The molecule has 0 bridgehead atoms. The van der Waals surface area contributed by atoms with Crippen molar-refractivity contribution in [1.82, 2.24) is 4.98 Å². The van der Waals surface area contributed by atoms with Crippen LogP contribution < -0.4 is 5.73 Å². The molecule has 2 rings (SSSR count). The fourth-order valence-electron chi connectivity index (χ4n) is 1.80. The van der Waals surface area contributed by atoms with E-state index in [0.29, 0.717) is 6.54 Å². The number of rotatable bonds is 4. The van der Waals surface area contributed by atoms with Gasteiger partial charge in [0.1, 0.15) is 0 Å². The molecular formula is C14H13FN2O. The van der Waals surface area contributed by atoms with Gasteiger partial charge in [-0.25, -0.2) is 4.39 Å². The minimum atomic E-state index is -0.590. The second-order valence-electron chi connectivity index (χ2n) is 3.93. The van der Waals surface area contributed by atoms with Gasteiger partial charge in [-0.05, 0) is 17.2 Å². The van der Waals surface area contributed by atoms with Crippen LogP contribution in [0.5, 0.6) is 0 Å². The molecule has 0 fully saturated rings. The summed E-state index contributed by atoms with van der Waals surface area (Å²) in [6.45, 7) is 0.363. The minimum absolute atomic E-state index is 0.0665. The number of pyridine rings is 1. The average molecular weight is 244 g/mol. The lowest BCUT2D eigenvalue weighted by Crippen LogP contribution is -2.09. The van der Waals surface area contributed by atoms with Crippen LogP contribution in [0.3, 0.4) is 0 Å². The molecule has 0 saturated carbocycles. The Morgan fingerprint density at radius 2 is 1.94 bits per heavy atom. The number of Topliss-reactive ketones (excluding diaryl/α,β-unsaturated/α-hetero) is 1. The van der Waals surface area contributed by atoms with Crippen molar-refractivity contribution in [2.24, 2.45) is 5.73 Å². The maximum absolute atomic E-state index is 13.4. The van der Waals surface area contributed by atoms with Gasteiger partial charge in [-0.15, -0.1) is 0 Å². The normalized spacial score (nSPS) is 10.3. The molecule has 0 saturated heterocycles. The summed E-state index contributed by atoms with van der Waals surface area (Å²) in [7, 11) is 0. The van der Waals surface area contributed by atoms with Gasteiger partial charge in [0, 0.05) is 19.2 Å². The van der Waals surface area contributed by atoms with Gasteiger partial charge in [-0.3, -0.25) is 9.78 Å². The summed E-state index contributed by atoms with van der Waals surface area (Å²) in [4.78, 5) is 15.6. The predicted molar refractivity (Wildman–Crippen MR) is 66.6 cm³/mol. The number of benzene rings is 1. The summed E-state index contributed by atoms with van der Waals surface area (Å²) in [5.41, 5.74) is 7.40. The monoisotopic (exact) mass is 244 g/mol. The van der Waals surface area contributed by atoms with E-state index in [2.05, 4.69) is 4.98 Å². The summed E-state index contributed by atoms with van der Waals surface area (Å²) >= 11 is 0. The maximum Gasteiger partial charge on any atom is 0.170 e. The van der Waals surface area contributed by atoms with Crippen molar-refractivity contribution >= 4 is 5.78 Å². The number of halogens is 1. The highest BCUT2D eigenvalue weighted by molar-refractivity contribution is 5.97. The lowest BCUT2D eigenvalue weighted by molar-refractivity contribution is 0.0988. The van der Waals surface area contributed by atoms with E-state index in [1.807, 2.05) is 24.3 Å². The van der Waals surface area contributed by atoms with E-state index >= 15 is 0 Å². The van der Waals surface area contributed by atoms with Crippen molar-refractivity contribution in [1.29, 1.82) is 0 Å². The molecule has 4 heteroatoms. The number of carbonyl (C=O) groups excluding carboxylic acids is 1. The number of nitrogens with two attached hydrogens (primary N) is 1. The van der Waals surface area contributed by atoms with Crippen LogP contribution in [0.4, 0.5) is 4.39 Å². The Morgan fingerprint density at radius 3 is 2.61 bits per heavy atom. The average Bonchev–Trinajstić information content (AvgIpc) is 2.39. The SMILES string of the molecule is NCc1ccccc1CC(=O)c1ccncc1F. The molecule has 0 aliphatic carbocycles. The van der Waals surface area contributed by atoms with Crippen LogP contribution >= 0.6 is 0 Å². The van der Waals surface area contributed by atoms with Crippen LogP contribution in [0, 0.1) is 5.82 Å². The molecule has 1 aromatic carbocycles. The van der Waals surface area contributed by atoms with Gasteiger partial charge in [-0.1, -0.05) is 24.3 Å². The van der Waals surface area contributed by atoms with Crippen LogP contribution in [0.1, 0.15) is 21.5 Å². The fourth-order valence-corrected chi connectivity index (χ4v) is 1.80. The van der Waals surface area contributed by atoms with Crippen LogP contribution in [0.25, 0.3) is 0 Å². The van der Waals surface area contributed by atoms with E-state index in [4.69, 9.17) is 5.73 Å². The lowest BCUT2D eigenvalue weighted by Gasteiger charge is -2.07. The van der Waals surface area contributed by atoms with E-state index in [-0.39, 0.29) is 17.8 Å². The zero-order valence-corrected chi connectivity index (χ0v) is 9.77. The number of hydrogen-bond acceptors (Lipinski definition) is 3. The largest absolute Gasteiger partial charge is 0.326 e. The molecule has 0 atom stereocenters. The number of hydrogen-bond donors (Lipinski definition) is 1. The quantitative estimate of drug-likeness (QED) is 0.838. The summed E-state index contributed by atoms with van der Waals surface area (Å²) in [6.07, 6.45) is 2.60. The first-order valence-corrected chi connectivity index (χ1v) is 5.62. The number of nitrogens with zero attached hydrogens (tertiary/aromatic N) is 1. The van der Waals surface area contributed by atoms with E-state index in [9.17, 15) is 9.18 Å². The maximum atomic E-state index is 13.4. The molecule has 1 heterocycles. The van der Waals surface area contributed by atoms with Crippen LogP contribution in [-0.4, -0.2) is 10.8 Å². The molecule has 1 aromatic heterocycles. The molecule has 18 heavy (non-hydrogen) atoms. The smallest absolute Gasteiger partial charge is 0.170 e. The molecular weight excluding hydrogens is 231 g/mol. The highest BCUT2D eigenvalue weighted by atomic mass is 19.1. The number of ketones is 1. The second kappa shape index (κ2) is 5.51. The molecule has 0 amide bonds. The Balaban J connectivity index is 2.24. The summed E-state index contributed by atoms with van der Waals surface area (Å²) < 4.78 is 13.4. The Morgan fingerprint density at radius 1 is 1.22 bits per heavy atom. The molecule has 0 radical (unpaired) electrons. The van der Waals surface area contributed by atoms with Gasteiger partial charge in [0.05, 0.1) is 11.8 Å². The van der Waals surface area contributed by atoms with Gasteiger partial charge in [0.25, 0.3) is 0 Å². The number of carbonyl (C=O) groups is 1. The van der Waals surface area contributed by atoms with E-state index in [1.165, 1.54) is 12.3 Å². The standard InChI is InChI=1S/C14H13FN2O/c15-13-9-17-6-5-12(13)14(18)7-10-3-1-2-4-11(10)8-16/h1-6,9H,7-8,16H2. The molecule has 3 nitrogen and oxygen atoms in total. The Bertz CT molecular complexity index is 569. The highest BCUT2D eigenvalue weighted by Crippen LogP contribution is 2.13.